The molecule has 0 fully saturated rings. The second kappa shape index (κ2) is 9.65. The summed E-state index contributed by atoms with van der Waals surface area (Å²) in [7, 11) is -2.25. The first-order valence-electron chi connectivity index (χ1n) is 9.05. The van der Waals surface area contributed by atoms with E-state index in [9.17, 15) is 8.42 Å². The Bertz CT molecular complexity index is 1150. The maximum atomic E-state index is 12.4. The van der Waals surface area contributed by atoms with Crippen LogP contribution in [-0.2, 0) is 16.6 Å². The highest BCUT2D eigenvalue weighted by Gasteiger charge is 2.13. The summed E-state index contributed by atoms with van der Waals surface area (Å²) in [5.74, 6) is 0.922. The molecule has 0 heterocycles. The number of nitrogens with zero attached hydrogens (tertiary/aromatic N) is 1. The number of halogens is 1. The van der Waals surface area contributed by atoms with Crippen LogP contribution in [0.5, 0.6) is 11.5 Å². The van der Waals surface area contributed by atoms with Gasteiger partial charge in [-0.05, 0) is 37.3 Å². The molecule has 3 aromatic carbocycles. The largest absolute Gasteiger partial charge is 0.493 e. The lowest BCUT2D eigenvalue weighted by Gasteiger charge is -2.14. The van der Waals surface area contributed by atoms with Gasteiger partial charge in [0, 0.05) is 16.1 Å². The second-order valence-electron chi connectivity index (χ2n) is 6.42. The van der Waals surface area contributed by atoms with Crippen LogP contribution in [-0.4, -0.2) is 21.7 Å². The molecule has 0 spiro atoms. The zero-order valence-corrected chi connectivity index (χ0v) is 18.1. The van der Waals surface area contributed by atoms with Crippen molar-refractivity contribution in [1.29, 1.82) is 0 Å². The van der Waals surface area contributed by atoms with Crippen LogP contribution in [0.1, 0.15) is 16.7 Å². The monoisotopic (exact) mass is 444 g/mol. The van der Waals surface area contributed by atoms with Crippen molar-refractivity contribution in [2.75, 3.05) is 7.11 Å². The van der Waals surface area contributed by atoms with Crippen molar-refractivity contribution in [3.63, 3.8) is 0 Å². The fraction of sp³-hybridized carbons (Fsp3) is 0.136. The quantitative estimate of drug-likeness (QED) is 0.408. The maximum Gasteiger partial charge on any atom is 0.276 e. The number of para-hydroxylation sites is 1. The summed E-state index contributed by atoms with van der Waals surface area (Å²) in [5, 5.41) is 4.49. The van der Waals surface area contributed by atoms with Crippen LogP contribution in [0.3, 0.4) is 0 Å². The second-order valence-corrected chi connectivity index (χ2v) is 8.49. The van der Waals surface area contributed by atoms with E-state index in [-0.39, 0.29) is 11.5 Å². The standard InChI is InChI=1S/C22H21ClN2O4S/c1-16-10-12-19(13-11-16)30(26,27)25-24-14-17-7-5-9-21(28-2)22(17)29-15-18-6-3-4-8-20(18)23/h3-14,25H,15H2,1-2H3. The van der Waals surface area contributed by atoms with Gasteiger partial charge in [0.15, 0.2) is 11.5 Å². The number of sulfonamides is 1. The zero-order valence-electron chi connectivity index (χ0n) is 16.5. The Morgan fingerprint density at radius 1 is 1.03 bits per heavy atom. The molecule has 3 rings (SSSR count). The van der Waals surface area contributed by atoms with Crippen LogP contribution in [0.2, 0.25) is 5.02 Å². The first-order chi connectivity index (χ1) is 14.4. The third kappa shape index (κ3) is 5.31. The van der Waals surface area contributed by atoms with E-state index in [0.29, 0.717) is 22.1 Å². The summed E-state index contributed by atoms with van der Waals surface area (Å²) < 4.78 is 36.1. The normalized spacial score (nSPS) is 11.4. The van der Waals surface area contributed by atoms with Gasteiger partial charge >= 0.3 is 0 Å². The van der Waals surface area contributed by atoms with E-state index < -0.39 is 10.0 Å². The van der Waals surface area contributed by atoms with E-state index in [1.165, 1.54) is 25.5 Å². The van der Waals surface area contributed by atoms with E-state index >= 15 is 0 Å². The van der Waals surface area contributed by atoms with Gasteiger partial charge in [0.25, 0.3) is 10.0 Å². The van der Waals surface area contributed by atoms with Crippen LogP contribution < -0.4 is 14.3 Å². The molecule has 30 heavy (non-hydrogen) atoms. The highest BCUT2D eigenvalue weighted by Crippen LogP contribution is 2.31. The molecule has 6 nitrogen and oxygen atoms in total. The van der Waals surface area contributed by atoms with E-state index in [1.54, 1.807) is 36.4 Å². The van der Waals surface area contributed by atoms with E-state index in [1.807, 2.05) is 25.1 Å². The van der Waals surface area contributed by atoms with Crippen molar-refractivity contribution in [1.82, 2.24) is 4.83 Å². The van der Waals surface area contributed by atoms with Gasteiger partial charge in [0.1, 0.15) is 6.61 Å². The highest BCUT2D eigenvalue weighted by atomic mass is 35.5. The fourth-order valence-corrected chi connectivity index (χ4v) is 3.63. The lowest BCUT2D eigenvalue weighted by atomic mass is 10.2. The summed E-state index contributed by atoms with van der Waals surface area (Å²) in [5.41, 5.74) is 2.33. The summed E-state index contributed by atoms with van der Waals surface area (Å²) in [6, 6.07) is 19.1. The first-order valence-corrected chi connectivity index (χ1v) is 10.9. The van der Waals surface area contributed by atoms with Gasteiger partial charge in [0.05, 0.1) is 18.2 Å². The zero-order chi connectivity index (χ0) is 21.6. The minimum absolute atomic E-state index is 0.131. The van der Waals surface area contributed by atoms with Crippen LogP contribution in [0.15, 0.2) is 76.7 Å². The summed E-state index contributed by atoms with van der Waals surface area (Å²) in [4.78, 5) is 2.35. The molecule has 0 aliphatic carbocycles. The summed E-state index contributed by atoms with van der Waals surface area (Å²) in [6.45, 7) is 2.10. The summed E-state index contributed by atoms with van der Waals surface area (Å²) in [6.07, 6.45) is 1.37. The Kier molecular flexibility index (Phi) is 6.97. The van der Waals surface area contributed by atoms with Crippen molar-refractivity contribution in [3.8, 4) is 11.5 Å². The van der Waals surface area contributed by atoms with Crippen molar-refractivity contribution in [2.24, 2.45) is 5.10 Å². The molecule has 0 aromatic heterocycles. The predicted molar refractivity (Wildman–Crippen MR) is 118 cm³/mol. The molecule has 0 bridgehead atoms. The third-order valence-electron chi connectivity index (χ3n) is 4.27. The molecule has 1 N–H and O–H groups in total. The molecule has 3 aromatic rings. The molecule has 8 heteroatoms. The Morgan fingerprint density at radius 3 is 2.47 bits per heavy atom. The Balaban J connectivity index is 1.80. The van der Waals surface area contributed by atoms with Crippen LogP contribution in [0.25, 0.3) is 0 Å². The van der Waals surface area contributed by atoms with Gasteiger partial charge in [-0.1, -0.05) is 53.6 Å². The van der Waals surface area contributed by atoms with Crippen molar-refractivity contribution in [3.05, 3.63) is 88.4 Å². The predicted octanol–water partition coefficient (Wildman–Crippen LogP) is 4.55. The first kappa shape index (κ1) is 21.7. The van der Waals surface area contributed by atoms with Gasteiger partial charge in [-0.15, -0.1) is 0 Å². The van der Waals surface area contributed by atoms with E-state index in [0.717, 1.165) is 11.1 Å². The SMILES string of the molecule is COc1cccc(C=NNS(=O)(=O)c2ccc(C)cc2)c1OCc1ccccc1Cl. The van der Waals surface area contributed by atoms with E-state index in [4.69, 9.17) is 21.1 Å². The van der Waals surface area contributed by atoms with Gasteiger partial charge in [-0.2, -0.15) is 13.5 Å². The maximum absolute atomic E-state index is 12.4. The van der Waals surface area contributed by atoms with Crippen LogP contribution >= 0.6 is 11.6 Å². The Hall–Kier alpha value is -3.03. The topological polar surface area (TPSA) is 77.0 Å². The number of nitrogens with one attached hydrogen (secondary N) is 1. The average molecular weight is 445 g/mol. The molecule has 0 saturated carbocycles. The number of hydrogen-bond donors (Lipinski definition) is 1. The van der Waals surface area contributed by atoms with Crippen molar-refractivity contribution < 1.29 is 17.9 Å². The lowest BCUT2D eigenvalue weighted by molar-refractivity contribution is 0.284. The van der Waals surface area contributed by atoms with Gasteiger partial charge in [0.2, 0.25) is 0 Å². The number of rotatable bonds is 8. The number of aryl methyl sites for hydroxylation is 1. The molecule has 0 amide bonds. The molecule has 0 aliphatic heterocycles. The van der Waals surface area contributed by atoms with Gasteiger partial charge in [-0.3, -0.25) is 0 Å². The number of benzene rings is 3. The Morgan fingerprint density at radius 2 is 1.77 bits per heavy atom. The molecule has 0 aliphatic rings. The smallest absolute Gasteiger partial charge is 0.276 e. The third-order valence-corrected chi connectivity index (χ3v) is 5.87. The number of methoxy groups -OCH3 is 1. The van der Waals surface area contributed by atoms with Gasteiger partial charge < -0.3 is 9.47 Å². The number of ether oxygens (including phenoxy) is 2. The Labute approximate surface area is 181 Å². The fourth-order valence-electron chi connectivity index (χ4n) is 2.65. The van der Waals surface area contributed by atoms with Crippen molar-refractivity contribution >= 4 is 27.8 Å². The molecular formula is C22H21ClN2O4S. The average Bonchev–Trinajstić information content (AvgIpc) is 2.73. The molecule has 0 saturated heterocycles. The van der Waals surface area contributed by atoms with E-state index in [2.05, 4.69) is 9.93 Å². The summed E-state index contributed by atoms with van der Waals surface area (Å²) >= 11 is 6.19. The lowest BCUT2D eigenvalue weighted by Crippen LogP contribution is -2.18. The van der Waals surface area contributed by atoms with Crippen LogP contribution in [0.4, 0.5) is 0 Å². The molecule has 156 valence electrons. The molecule has 0 unspecified atom stereocenters. The highest BCUT2D eigenvalue weighted by molar-refractivity contribution is 7.89. The molecule has 0 atom stereocenters. The minimum Gasteiger partial charge on any atom is -0.493 e. The van der Waals surface area contributed by atoms with Crippen LogP contribution in [0, 0.1) is 6.92 Å². The molecular weight excluding hydrogens is 424 g/mol. The van der Waals surface area contributed by atoms with Crippen molar-refractivity contribution in [2.45, 2.75) is 18.4 Å². The van der Waals surface area contributed by atoms with Gasteiger partial charge in [-0.25, -0.2) is 4.83 Å². The minimum atomic E-state index is -3.77. The number of hydrazone groups is 1. The number of hydrogen-bond acceptors (Lipinski definition) is 5. The molecule has 0 radical (unpaired) electrons.